The van der Waals surface area contributed by atoms with Gasteiger partial charge in [0.1, 0.15) is 5.82 Å². The summed E-state index contributed by atoms with van der Waals surface area (Å²) < 4.78 is 13.6. The molecule has 0 radical (unpaired) electrons. The second kappa shape index (κ2) is 6.04. The number of hydrogen-bond donors (Lipinski definition) is 1. The normalized spacial score (nSPS) is 12.5. The standard InChI is InChI=1S/C15H14BrClFN/c1-9-2-4-11(8-13(9)17)15(19)7-10-3-5-14(18)12(16)6-10/h2-6,8,15H,7,19H2,1H3. The molecule has 0 saturated carbocycles. The number of benzene rings is 2. The lowest BCUT2D eigenvalue weighted by atomic mass is 9.99. The number of rotatable bonds is 3. The van der Waals surface area contributed by atoms with Gasteiger partial charge in [0.15, 0.2) is 0 Å². The van der Waals surface area contributed by atoms with E-state index < -0.39 is 0 Å². The Kier molecular flexibility index (Phi) is 4.61. The van der Waals surface area contributed by atoms with Crippen LogP contribution in [0, 0.1) is 12.7 Å². The van der Waals surface area contributed by atoms with Gasteiger partial charge in [-0.2, -0.15) is 0 Å². The molecule has 0 fully saturated rings. The van der Waals surface area contributed by atoms with Crippen molar-refractivity contribution in [3.8, 4) is 0 Å². The van der Waals surface area contributed by atoms with Gasteiger partial charge in [-0.3, -0.25) is 0 Å². The topological polar surface area (TPSA) is 26.0 Å². The molecule has 4 heteroatoms. The van der Waals surface area contributed by atoms with Gasteiger partial charge >= 0.3 is 0 Å². The molecule has 0 heterocycles. The molecule has 0 bridgehead atoms. The smallest absolute Gasteiger partial charge is 0.137 e. The first kappa shape index (κ1) is 14.5. The molecule has 0 amide bonds. The minimum absolute atomic E-state index is 0.157. The van der Waals surface area contributed by atoms with Crippen LogP contribution < -0.4 is 5.73 Å². The van der Waals surface area contributed by atoms with E-state index in [1.165, 1.54) is 6.07 Å². The van der Waals surface area contributed by atoms with Crippen molar-refractivity contribution >= 4 is 27.5 Å². The Morgan fingerprint density at radius 2 is 2.00 bits per heavy atom. The SMILES string of the molecule is Cc1ccc(C(N)Cc2ccc(F)c(Br)c2)cc1Cl. The highest BCUT2D eigenvalue weighted by molar-refractivity contribution is 9.10. The van der Waals surface area contributed by atoms with E-state index in [2.05, 4.69) is 15.9 Å². The lowest BCUT2D eigenvalue weighted by molar-refractivity contribution is 0.618. The zero-order chi connectivity index (χ0) is 14.0. The summed E-state index contributed by atoms with van der Waals surface area (Å²) in [5, 5.41) is 0.716. The van der Waals surface area contributed by atoms with Gasteiger partial charge in [0.25, 0.3) is 0 Å². The predicted octanol–water partition coefficient (Wildman–Crippen LogP) is 4.79. The Hall–Kier alpha value is -0.900. The quantitative estimate of drug-likeness (QED) is 0.852. The van der Waals surface area contributed by atoms with Crippen molar-refractivity contribution in [3.05, 3.63) is 68.4 Å². The largest absolute Gasteiger partial charge is 0.324 e. The maximum Gasteiger partial charge on any atom is 0.137 e. The van der Waals surface area contributed by atoms with E-state index in [-0.39, 0.29) is 11.9 Å². The van der Waals surface area contributed by atoms with Crippen LogP contribution >= 0.6 is 27.5 Å². The third kappa shape index (κ3) is 3.56. The minimum Gasteiger partial charge on any atom is -0.324 e. The molecule has 2 N–H and O–H groups in total. The molecule has 0 aliphatic rings. The fourth-order valence-corrected chi connectivity index (χ4v) is 2.49. The van der Waals surface area contributed by atoms with E-state index in [1.54, 1.807) is 12.1 Å². The Labute approximate surface area is 125 Å². The second-order valence-electron chi connectivity index (χ2n) is 4.57. The van der Waals surface area contributed by atoms with Crippen LogP contribution in [0.5, 0.6) is 0 Å². The second-order valence-corrected chi connectivity index (χ2v) is 5.83. The van der Waals surface area contributed by atoms with E-state index >= 15 is 0 Å². The molecule has 1 unspecified atom stereocenters. The summed E-state index contributed by atoms with van der Waals surface area (Å²) in [5.41, 5.74) is 9.16. The molecule has 2 aromatic carbocycles. The summed E-state index contributed by atoms with van der Waals surface area (Å²) >= 11 is 9.27. The van der Waals surface area contributed by atoms with Crippen LogP contribution in [0.15, 0.2) is 40.9 Å². The summed E-state index contributed by atoms with van der Waals surface area (Å²) in [7, 11) is 0. The zero-order valence-corrected chi connectivity index (χ0v) is 12.8. The van der Waals surface area contributed by atoms with Gasteiger partial charge in [-0.15, -0.1) is 0 Å². The summed E-state index contributed by atoms with van der Waals surface area (Å²) in [5.74, 6) is -0.268. The molecular weight excluding hydrogens is 329 g/mol. The van der Waals surface area contributed by atoms with Crippen LogP contribution in [0.2, 0.25) is 5.02 Å². The third-order valence-electron chi connectivity index (χ3n) is 3.06. The van der Waals surface area contributed by atoms with Gasteiger partial charge in [-0.1, -0.05) is 29.8 Å². The fourth-order valence-electron chi connectivity index (χ4n) is 1.88. The molecule has 0 saturated heterocycles. The molecule has 1 nitrogen and oxygen atoms in total. The number of hydrogen-bond acceptors (Lipinski definition) is 1. The Morgan fingerprint density at radius 1 is 1.26 bits per heavy atom. The zero-order valence-electron chi connectivity index (χ0n) is 10.5. The average Bonchev–Trinajstić information content (AvgIpc) is 2.37. The maximum atomic E-state index is 13.2. The molecule has 0 aliphatic heterocycles. The Bertz CT molecular complexity index is 601. The lowest BCUT2D eigenvalue weighted by Crippen LogP contribution is -2.13. The third-order valence-corrected chi connectivity index (χ3v) is 4.08. The monoisotopic (exact) mass is 341 g/mol. The molecule has 1 atom stereocenters. The van der Waals surface area contributed by atoms with Crippen LogP contribution in [-0.4, -0.2) is 0 Å². The van der Waals surface area contributed by atoms with Gasteiger partial charge in [-0.25, -0.2) is 4.39 Å². The molecule has 2 aromatic rings. The van der Waals surface area contributed by atoms with Crippen molar-refractivity contribution in [3.63, 3.8) is 0 Å². The maximum absolute atomic E-state index is 13.2. The fraction of sp³-hybridized carbons (Fsp3) is 0.200. The van der Waals surface area contributed by atoms with Crippen molar-refractivity contribution < 1.29 is 4.39 Å². The average molecular weight is 343 g/mol. The first-order chi connectivity index (χ1) is 8.97. The van der Waals surface area contributed by atoms with E-state index in [9.17, 15) is 4.39 Å². The van der Waals surface area contributed by atoms with Gasteiger partial charge in [-0.05, 0) is 64.2 Å². The number of aryl methyl sites for hydroxylation is 1. The lowest BCUT2D eigenvalue weighted by Gasteiger charge is -2.13. The van der Waals surface area contributed by atoms with E-state index in [1.807, 2.05) is 25.1 Å². The summed E-state index contributed by atoms with van der Waals surface area (Å²) in [6, 6.07) is 10.6. The molecular formula is C15H14BrClFN. The summed E-state index contributed by atoms with van der Waals surface area (Å²) in [6.45, 7) is 1.95. The van der Waals surface area contributed by atoms with Crippen LogP contribution in [0.3, 0.4) is 0 Å². The van der Waals surface area contributed by atoms with Crippen molar-refractivity contribution in [2.45, 2.75) is 19.4 Å². The highest BCUT2D eigenvalue weighted by Gasteiger charge is 2.10. The van der Waals surface area contributed by atoms with Crippen LogP contribution in [0.1, 0.15) is 22.7 Å². The van der Waals surface area contributed by atoms with Gasteiger partial charge in [0.05, 0.1) is 4.47 Å². The minimum atomic E-state index is -0.268. The molecule has 100 valence electrons. The van der Waals surface area contributed by atoms with Crippen molar-refractivity contribution in [1.29, 1.82) is 0 Å². The van der Waals surface area contributed by atoms with Crippen molar-refractivity contribution in [2.24, 2.45) is 5.73 Å². The first-order valence-electron chi connectivity index (χ1n) is 5.93. The molecule has 0 aromatic heterocycles. The highest BCUT2D eigenvalue weighted by Crippen LogP contribution is 2.24. The highest BCUT2D eigenvalue weighted by atomic mass is 79.9. The van der Waals surface area contributed by atoms with Crippen LogP contribution in [-0.2, 0) is 6.42 Å². The van der Waals surface area contributed by atoms with E-state index in [0.717, 1.165) is 16.7 Å². The van der Waals surface area contributed by atoms with Crippen molar-refractivity contribution in [2.75, 3.05) is 0 Å². The van der Waals surface area contributed by atoms with Crippen molar-refractivity contribution in [1.82, 2.24) is 0 Å². The van der Waals surface area contributed by atoms with Gasteiger partial charge in [0.2, 0.25) is 0 Å². The summed E-state index contributed by atoms with van der Waals surface area (Å²) in [6.07, 6.45) is 0.637. The van der Waals surface area contributed by atoms with Crippen LogP contribution in [0.25, 0.3) is 0 Å². The number of nitrogens with two attached hydrogens (primary N) is 1. The first-order valence-corrected chi connectivity index (χ1v) is 7.10. The van der Waals surface area contributed by atoms with E-state index in [4.69, 9.17) is 17.3 Å². The molecule has 19 heavy (non-hydrogen) atoms. The molecule has 0 aliphatic carbocycles. The Balaban J connectivity index is 2.17. The van der Waals surface area contributed by atoms with Gasteiger partial charge < -0.3 is 5.73 Å². The Morgan fingerprint density at radius 3 is 2.63 bits per heavy atom. The molecule has 2 rings (SSSR count). The summed E-state index contributed by atoms with van der Waals surface area (Å²) in [4.78, 5) is 0. The molecule has 0 spiro atoms. The predicted molar refractivity (Wildman–Crippen MR) is 80.9 cm³/mol. The van der Waals surface area contributed by atoms with Gasteiger partial charge in [0, 0.05) is 11.1 Å². The van der Waals surface area contributed by atoms with E-state index in [0.29, 0.717) is 15.9 Å². The van der Waals surface area contributed by atoms with Crippen LogP contribution in [0.4, 0.5) is 4.39 Å². The number of halogens is 3.